The molecular formula is C46H30N4O. The number of furan rings is 1. The lowest BCUT2D eigenvalue weighted by atomic mass is 10.1. The third-order valence-corrected chi connectivity index (χ3v) is 10.3. The van der Waals surface area contributed by atoms with Crippen molar-refractivity contribution in [3.8, 4) is 5.69 Å². The van der Waals surface area contributed by atoms with Crippen LogP contribution in [-0.4, -0.2) is 14.8 Å². The third-order valence-electron chi connectivity index (χ3n) is 10.3. The predicted octanol–water partition coefficient (Wildman–Crippen LogP) is 11.4. The minimum Gasteiger partial charge on any atom is -0.454 e. The second-order valence-corrected chi connectivity index (χ2v) is 13.2. The molecule has 5 heteroatoms. The van der Waals surface area contributed by atoms with Crippen LogP contribution in [0.25, 0.3) is 77.1 Å². The van der Waals surface area contributed by atoms with Crippen LogP contribution in [0.1, 0.15) is 17.3 Å². The van der Waals surface area contributed by atoms with Crippen molar-refractivity contribution in [2.75, 3.05) is 0 Å². The van der Waals surface area contributed by atoms with Gasteiger partial charge >= 0.3 is 0 Å². The summed E-state index contributed by atoms with van der Waals surface area (Å²) in [5.41, 5.74) is 10.5. The van der Waals surface area contributed by atoms with Gasteiger partial charge in [0.25, 0.3) is 0 Å². The van der Waals surface area contributed by atoms with Crippen LogP contribution >= 0.6 is 0 Å². The van der Waals surface area contributed by atoms with E-state index in [-0.39, 0.29) is 6.17 Å². The van der Waals surface area contributed by atoms with Crippen molar-refractivity contribution in [1.29, 1.82) is 0 Å². The van der Waals surface area contributed by atoms with Crippen LogP contribution in [0.3, 0.4) is 0 Å². The summed E-state index contributed by atoms with van der Waals surface area (Å²) in [7, 11) is 0. The molecule has 51 heavy (non-hydrogen) atoms. The topological polar surface area (TPSA) is 47.4 Å². The summed E-state index contributed by atoms with van der Waals surface area (Å²) in [5, 5.41) is 10.8. The molecule has 1 aliphatic rings. The van der Waals surface area contributed by atoms with Crippen LogP contribution < -0.4 is 5.32 Å². The van der Waals surface area contributed by atoms with Crippen LogP contribution in [0.2, 0.25) is 0 Å². The van der Waals surface area contributed by atoms with Crippen LogP contribution in [0.5, 0.6) is 0 Å². The largest absolute Gasteiger partial charge is 0.454 e. The first-order valence-electron chi connectivity index (χ1n) is 17.3. The van der Waals surface area contributed by atoms with Crippen molar-refractivity contribution >= 4 is 77.1 Å². The Hall–Kier alpha value is -6.85. The molecule has 3 aromatic heterocycles. The van der Waals surface area contributed by atoms with Crippen molar-refractivity contribution < 1.29 is 4.42 Å². The van der Waals surface area contributed by atoms with Gasteiger partial charge in [0.1, 0.15) is 17.6 Å². The third kappa shape index (κ3) is 4.18. The Labute approximate surface area is 293 Å². The molecule has 1 aliphatic heterocycles. The number of aliphatic imine (C=N–C) groups is 1. The minimum atomic E-state index is -0.251. The molecule has 0 radical (unpaired) electrons. The van der Waals surface area contributed by atoms with E-state index in [9.17, 15) is 0 Å². The number of nitrogens with zero attached hydrogens (tertiary/aromatic N) is 3. The van der Waals surface area contributed by atoms with Gasteiger partial charge in [-0.2, -0.15) is 0 Å². The van der Waals surface area contributed by atoms with Gasteiger partial charge in [0, 0.05) is 44.1 Å². The van der Waals surface area contributed by atoms with Gasteiger partial charge in [0.15, 0.2) is 5.58 Å². The minimum absolute atomic E-state index is 0.251. The Kier molecular flexibility index (Phi) is 5.95. The van der Waals surface area contributed by atoms with Gasteiger partial charge in [-0.1, -0.05) is 121 Å². The molecule has 1 unspecified atom stereocenters. The summed E-state index contributed by atoms with van der Waals surface area (Å²) in [6.45, 7) is 0. The highest BCUT2D eigenvalue weighted by Gasteiger charge is 2.25. The molecule has 5 nitrogen and oxygen atoms in total. The second kappa shape index (κ2) is 10.8. The van der Waals surface area contributed by atoms with Gasteiger partial charge < -0.3 is 14.3 Å². The fourth-order valence-electron chi connectivity index (χ4n) is 8.05. The standard InChI is InChI=1S/C46H30N4O/c1-4-14-29(15-5-1)38-27-43(48-46(47-38)30-16-6-2-7-17-30)50-39-22-12-10-20-32(39)36-26-37-34-24-25-35-33-21-11-13-23-42(33)51-45(35)44(34)49(40(37)28-41(36)50)31-18-8-3-9-19-31/h1-28,46,48H. The molecule has 240 valence electrons. The van der Waals surface area contributed by atoms with Crippen molar-refractivity contribution in [2.45, 2.75) is 6.17 Å². The lowest BCUT2D eigenvalue weighted by Crippen LogP contribution is -2.27. The quantitative estimate of drug-likeness (QED) is 0.205. The van der Waals surface area contributed by atoms with Gasteiger partial charge in [-0.3, -0.25) is 9.56 Å². The average Bonchev–Trinajstić information content (AvgIpc) is 3.85. The Morgan fingerprint density at radius 1 is 0.510 bits per heavy atom. The molecule has 7 aromatic carbocycles. The molecule has 0 fully saturated rings. The number of hydrogen-bond acceptors (Lipinski definition) is 3. The molecule has 0 saturated heterocycles. The summed E-state index contributed by atoms with van der Waals surface area (Å²) < 4.78 is 11.4. The van der Waals surface area contributed by atoms with Crippen molar-refractivity contribution in [2.24, 2.45) is 4.99 Å². The molecule has 4 heterocycles. The first kappa shape index (κ1) is 28.0. The molecule has 1 atom stereocenters. The van der Waals surface area contributed by atoms with E-state index in [0.717, 1.165) is 77.7 Å². The Morgan fingerprint density at radius 3 is 1.98 bits per heavy atom. The first-order chi connectivity index (χ1) is 25.3. The monoisotopic (exact) mass is 654 g/mol. The van der Waals surface area contributed by atoms with Gasteiger partial charge in [-0.25, -0.2) is 0 Å². The van der Waals surface area contributed by atoms with Crippen LogP contribution in [-0.2, 0) is 0 Å². The zero-order chi connectivity index (χ0) is 33.5. The molecule has 10 aromatic rings. The lowest BCUT2D eigenvalue weighted by Gasteiger charge is -2.26. The summed E-state index contributed by atoms with van der Waals surface area (Å²) >= 11 is 0. The van der Waals surface area contributed by atoms with E-state index in [4.69, 9.17) is 9.41 Å². The number of allylic oxidation sites excluding steroid dienone is 1. The van der Waals surface area contributed by atoms with E-state index >= 15 is 0 Å². The van der Waals surface area contributed by atoms with E-state index in [1.807, 2.05) is 18.2 Å². The maximum absolute atomic E-state index is 6.67. The van der Waals surface area contributed by atoms with E-state index in [1.165, 1.54) is 16.2 Å². The Morgan fingerprint density at radius 2 is 1.16 bits per heavy atom. The second-order valence-electron chi connectivity index (χ2n) is 13.2. The Balaban J connectivity index is 1.24. The van der Waals surface area contributed by atoms with Crippen LogP contribution in [0, 0.1) is 0 Å². The van der Waals surface area contributed by atoms with Gasteiger partial charge in [-0.15, -0.1) is 0 Å². The Bertz CT molecular complexity index is 3040. The zero-order valence-corrected chi connectivity index (χ0v) is 27.5. The predicted molar refractivity (Wildman–Crippen MR) is 211 cm³/mol. The summed E-state index contributed by atoms with van der Waals surface area (Å²) in [4.78, 5) is 5.22. The highest BCUT2D eigenvalue weighted by molar-refractivity contribution is 6.25. The maximum atomic E-state index is 6.67. The number of aromatic nitrogens is 2. The molecule has 0 aliphatic carbocycles. The molecule has 0 amide bonds. The molecule has 0 bridgehead atoms. The van der Waals surface area contributed by atoms with Crippen molar-refractivity contribution in [3.63, 3.8) is 0 Å². The average molecular weight is 655 g/mol. The van der Waals surface area contributed by atoms with Crippen molar-refractivity contribution in [3.05, 3.63) is 181 Å². The lowest BCUT2D eigenvalue weighted by molar-refractivity contribution is 0.646. The number of para-hydroxylation sites is 3. The summed E-state index contributed by atoms with van der Waals surface area (Å²) in [5.74, 6) is 0.977. The summed E-state index contributed by atoms with van der Waals surface area (Å²) in [6.07, 6.45) is 1.94. The van der Waals surface area contributed by atoms with Crippen LogP contribution in [0.4, 0.5) is 0 Å². The fraction of sp³-hybridized carbons (Fsp3) is 0.0217. The van der Waals surface area contributed by atoms with Gasteiger partial charge in [0.05, 0.1) is 27.8 Å². The van der Waals surface area contributed by atoms with E-state index < -0.39 is 0 Å². The number of benzene rings is 7. The summed E-state index contributed by atoms with van der Waals surface area (Å²) in [6, 6.07) is 57.8. The van der Waals surface area contributed by atoms with E-state index in [2.05, 4.69) is 166 Å². The maximum Gasteiger partial charge on any atom is 0.160 e. The number of nitrogens with one attached hydrogen (secondary N) is 1. The first-order valence-corrected chi connectivity index (χ1v) is 17.3. The smallest absolute Gasteiger partial charge is 0.160 e. The molecule has 1 N–H and O–H groups in total. The van der Waals surface area contributed by atoms with E-state index in [0.29, 0.717) is 0 Å². The van der Waals surface area contributed by atoms with Gasteiger partial charge in [-0.05, 0) is 53.6 Å². The highest BCUT2D eigenvalue weighted by atomic mass is 16.3. The normalized spacial score (nSPS) is 14.9. The number of rotatable bonds is 4. The molecule has 11 rings (SSSR count). The molecule has 0 spiro atoms. The van der Waals surface area contributed by atoms with Crippen molar-refractivity contribution in [1.82, 2.24) is 14.5 Å². The molecule has 0 saturated carbocycles. The highest BCUT2D eigenvalue weighted by Crippen LogP contribution is 2.43. The SMILES string of the molecule is C1=C(n2c3ccccc3c3cc4c5ccc6c7ccccc7oc6c5n(-c5ccccc5)c4cc32)NC(c2ccccc2)N=C1c1ccccc1. The number of hydrogen-bond donors (Lipinski definition) is 1. The van der Waals surface area contributed by atoms with Gasteiger partial charge in [0.2, 0.25) is 0 Å². The zero-order valence-electron chi connectivity index (χ0n) is 27.5. The fourth-order valence-corrected chi connectivity index (χ4v) is 8.05. The number of fused-ring (bicyclic) bond motifs is 10. The van der Waals surface area contributed by atoms with Crippen LogP contribution in [0.15, 0.2) is 179 Å². The molecular weight excluding hydrogens is 625 g/mol. The van der Waals surface area contributed by atoms with E-state index in [1.54, 1.807) is 0 Å².